The first-order chi connectivity index (χ1) is 18.8. The molecule has 1 aromatic carbocycles. The van der Waals surface area contributed by atoms with Crippen molar-refractivity contribution in [3.8, 4) is 22.5 Å². The van der Waals surface area contributed by atoms with E-state index < -0.39 is 17.6 Å². The Labute approximate surface area is 222 Å². The first-order valence-electron chi connectivity index (χ1n) is 11.7. The number of alkyl halides is 3. The van der Waals surface area contributed by atoms with Crippen LogP contribution in [-0.2, 0) is 12.7 Å². The molecule has 2 N–H and O–H groups in total. The molecular weight excluding hydrogens is 531 g/mol. The first kappa shape index (κ1) is 24.6. The number of aryl methyl sites for hydroxylation is 1. The summed E-state index contributed by atoms with van der Waals surface area (Å²) in [6.07, 6.45) is -0.499. The van der Waals surface area contributed by atoms with E-state index in [1.807, 2.05) is 23.6 Å². The third-order valence-electron chi connectivity index (χ3n) is 6.14. The number of benzene rings is 1. The number of aromatic nitrogens is 6. The Morgan fingerprint density at radius 1 is 1.13 bits per heavy atom. The topological polar surface area (TPSA) is 123 Å². The van der Waals surface area contributed by atoms with Gasteiger partial charge in [0.25, 0.3) is 11.5 Å². The van der Waals surface area contributed by atoms with Crippen LogP contribution in [0, 0.1) is 6.92 Å². The second kappa shape index (κ2) is 9.54. The minimum absolute atomic E-state index is 0.276. The number of hydrogen-bond acceptors (Lipinski definition) is 9. The van der Waals surface area contributed by atoms with Crippen LogP contribution in [-0.4, -0.2) is 41.3 Å². The van der Waals surface area contributed by atoms with E-state index in [0.717, 1.165) is 57.9 Å². The van der Waals surface area contributed by atoms with Crippen LogP contribution in [0.3, 0.4) is 0 Å². The maximum atomic E-state index is 13.1. The number of anilines is 2. The van der Waals surface area contributed by atoms with E-state index in [1.165, 1.54) is 6.33 Å². The van der Waals surface area contributed by atoms with Gasteiger partial charge in [0.1, 0.15) is 23.7 Å². The fourth-order valence-electron chi connectivity index (χ4n) is 4.34. The zero-order valence-corrected chi connectivity index (χ0v) is 21.0. The fraction of sp³-hybridized carbons (Fsp3) is 0.160. The minimum atomic E-state index is -4.58. The lowest BCUT2D eigenvalue weighted by atomic mass is 9.98. The van der Waals surface area contributed by atoms with E-state index in [1.54, 1.807) is 18.3 Å². The van der Waals surface area contributed by atoms with Crippen molar-refractivity contribution in [3.63, 3.8) is 0 Å². The van der Waals surface area contributed by atoms with Crippen LogP contribution in [0.5, 0.6) is 0 Å². The molecule has 0 radical (unpaired) electrons. The summed E-state index contributed by atoms with van der Waals surface area (Å²) in [6.45, 7) is 3.30. The third-order valence-corrected chi connectivity index (χ3v) is 6.70. The number of halogens is 3. The highest BCUT2D eigenvalue weighted by Gasteiger charge is 2.31. The van der Waals surface area contributed by atoms with Gasteiger partial charge < -0.3 is 15.2 Å². The molecule has 0 saturated heterocycles. The molecule has 2 aromatic heterocycles. The van der Waals surface area contributed by atoms with Gasteiger partial charge >= 0.3 is 6.18 Å². The molecule has 10 nitrogen and oxygen atoms in total. The van der Waals surface area contributed by atoms with Crippen molar-refractivity contribution >= 4 is 34.1 Å². The normalized spacial score (nSPS) is 13.4. The molecule has 3 aliphatic heterocycles. The van der Waals surface area contributed by atoms with E-state index in [9.17, 15) is 18.0 Å². The van der Waals surface area contributed by atoms with E-state index in [4.69, 9.17) is 0 Å². The van der Waals surface area contributed by atoms with Crippen molar-refractivity contribution in [1.29, 1.82) is 0 Å². The lowest BCUT2D eigenvalue weighted by Crippen LogP contribution is -2.17. The Hall–Kier alpha value is -4.72. The molecule has 0 aliphatic carbocycles. The Morgan fingerprint density at radius 3 is 2.79 bits per heavy atom. The van der Waals surface area contributed by atoms with Crippen LogP contribution in [0.2, 0.25) is 0 Å². The SMILES string of the molecule is Cc1ccc(NC(=O)c2cc(C(F)(F)F)ccn2)cc1-c1cc2cn/c(=N/c3ncns3)nc-2n2c1NCC2. The largest absolute Gasteiger partial charge is 0.416 e. The molecule has 6 rings (SSSR count). The Balaban J connectivity index is 1.38. The molecule has 5 heterocycles. The van der Waals surface area contributed by atoms with Crippen molar-refractivity contribution in [2.24, 2.45) is 4.99 Å². The van der Waals surface area contributed by atoms with Crippen molar-refractivity contribution in [2.45, 2.75) is 19.6 Å². The molecule has 0 spiro atoms. The number of nitrogens with one attached hydrogen (secondary N) is 2. The van der Waals surface area contributed by atoms with Crippen LogP contribution in [0.4, 0.5) is 29.8 Å². The molecule has 39 heavy (non-hydrogen) atoms. The van der Waals surface area contributed by atoms with E-state index >= 15 is 0 Å². The quantitative estimate of drug-likeness (QED) is 0.338. The Kier molecular flexibility index (Phi) is 6.02. The summed E-state index contributed by atoms with van der Waals surface area (Å²) >= 11 is 1.14. The van der Waals surface area contributed by atoms with Crippen LogP contribution < -0.4 is 16.3 Å². The van der Waals surface area contributed by atoms with E-state index in [-0.39, 0.29) is 11.3 Å². The van der Waals surface area contributed by atoms with Gasteiger partial charge in [-0.1, -0.05) is 6.07 Å². The van der Waals surface area contributed by atoms with Crippen molar-refractivity contribution in [3.05, 3.63) is 77.6 Å². The van der Waals surface area contributed by atoms with Gasteiger partial charge in [-0.05, 0) is 48.4 Å². The van der Waals surface area contributed by atoms with Gasteiger partial charge in [0, 0.05) is 53.8 Å². The number of fused-ring (bicyclic) bond motifs is 3. The summed E-state index contributed by atoms with van der Waals surface area (Å²) in [5, 5.41) is 6.53. The zero-order chi connectivity index (χ0) is 27.1. The van der Waals surface area contributed by atoms with E-state index in [0.29, 0.717) is 29.7 Å². The number of nitrogens with zero attached hydrogens (tertiary/aromatic N) is 7. The molecule has 3 aromatic rings. The average Bonchev–Trinajstić information content (AvgIpc) is 3.62. The maximum Gasteiger partial charge on any atom is 0.416 e. The number of carbonyl (C=O) groups excluding carboxylic acids is 1. The Morgan fingerprint density at radius 2 is 2.00 bits per heavy atom. The maximum absolute atomic E-state index is 13.1. The lowest BCUT2D eigenvalue weighted by molar-refractivity contribution is -0.137. The number of pyridine rings is 2. The summed E-state index contributed by atoms with van der Waals surface area (Å²) < 4.78 is 45.2. The third kappa shape index (κ3) is 4.81. The summed E-state index contributed by atoms with van der Waals surface area (Å²) in [4.78, 5) is 33.9. The van der Waals surface area contributed by atoms with Crippen LogP contribution in [0.15, 0.2) is 60.1 Å². The predicted molar refractivity (Wildman–Crippen MR) is 138 cm³/mol. The van der Waals surface area contributed by atoms with Gasteiger partial charge in [-0.3, -0.25) is 9.78 Å². The standard InChI is InChI=1S/C25H18F3N9OS/c1-13-2-3-16(34-22(38)19-9-15(4-5-29-19)25(26,27)28)10-17(13)18-8-14-11-31-23(36-24-32-12-33-39-24)35-20(14)37-7-6-30-21(18)37/h2-5,8-12,30H,6-7H2,1H3,(H,34,38)/b36-23-. The summed E-state index contributed by atoms with van der Waals surface area (Å²) in [5.41, 5.74) is 2.83. The number of hydrogen-bond donors (Lipinski definition) is 2. The number of carbonyl (C=O) groups is 1. The van der Waals surface area contributed by atoms with E-state index in [2.05, 4.69) is 39.9 Å². The monoisotopic (exact) mass is 549 g/mol. The average molecular weight is 550 g/mol. The van der Waals surface area contributed by atoms with Crippen LogP contribution >= 0.6 is 11.5 Å². The molecule has 3 aliphatic rings. The van der Waals surface area contributed by atoms with Gasteiger partial charge in [-0.25, -0.2) is 9.97 Å². The second-order valence-electron chi connectivity index (χ2n) is 8.68. The molecule has 0 fully saturated rings. The van der Waals surface area contributed by atoms with Crippen molar-refractivity contribution in [2.75, 3.05) is 17.2 Å². The van der Waals surface area contributed by atoms with Gasteiger partial charge in [0.2, 0.25) is 5.13 Å². The van der Waals surface area contributed by atoms with Crippen LogP contribution in [0.1, 0.15) is 21.6 Å². The number of rotatable bonds is 4. The minimum Gasteiger partial charge on any atom is -0.369 e. The first-order valence-corrected chi connectivity index (χ1v) is 12.4. The molecule has 0 atom stereocenters. The van der Waals surface area contributed by atoms with Gasteiger partial charge in [-0.15, -0.1) is 0 Å². The van der Waals surface area contributed by atoms with Crippen LogP contribution in [0.25, 0.3) is 22.5 Å². The molecule has 196 valence electrons. The molecule has 1 amide bonds. The van der Waals surface area contributed by atoms with Crippen molar-refractivity contribution < 1.29 is 18.0 Å². The summed E-state index contributed by atoms with van der Waals surface area (Å²) in [5.74, 6) is 0.802. The molecule has 14 heteroatoms. The van der Waals surface area contributed by atoms with Crippen molar-refractivity contribution in [1.82, 2.24) is 28.9 Å². The lowest BCUT2D eigenvalue weighted by Gasteiger charge is -2.19. The molecule has 0 saturated carbocycles. The predicted octanol–water partition coefficient (Wildman–Crippen LogP) is 4.53. The zero-order valence-electron chi connectivity index (χ0n) is 20.2. The molecule has 0 unspecified atom stereocenters. The van der Waals surface area contributed by atoms with Gasteiger partial charge in [-0.2, -0.15) is 27.5 Å². The fourth-order valence-corrected chi connectivity index (χ4v) is 4.74. The van der Waals surface area contributed by atoms with Gasteiger partial charge in [0.15, 0.2) is 0 Å². The van der Waals surface area contributed by atoms with Gasteiger partial charge in [0.05, 0.1) is 5.56 Å². The highest BCUT2D eigenvalue weighted by atomic mass is 32.1. The smallest absolute Gasteiger partial charge is 0.369 e. The number of amides is 1. The summed E-state index contributed by atoms with van der Waals surface area (Å²) in [7, 11) is 0. The highest BCUT2D eigenvalue weighted by molar-refractivity contribution is 7.09. The second-order valence-corrected chi connectivity index (χ2v) is 9.44. The molecular formula is C25H18F3N9OS. The molecule has 0 bridgehead atoms. The Bertz CT molecular complexity index is 1750. The summed E-state index contributed by atoms with van der Waals surface area (Å²) in [6, 6.07) is 8.81. The highest BCUT2D eigenvalue weighted by Crippen LogP contribution is 2.39.